The van der Waals surface area contributed by atoms with Gasteiger partial charge in [0.2, 0.25) is 11.8 Å². The maximum absolute atomic E-state index is 13.0. The van der Waals surface area contributed by atoms with Crippen LogP contribution in [0.25, 0.3) is 0 Å². The van der Waals surface area contributed by atoms with Crippen molar-refractivity contribution < 1.29 is 9.59 Å². The summed E-state index contributed by atoms with van der Waals surface area (Å²) in [7, 11) is 1.86. The van der Waals surface area contributed by atoms with E-state index in [2.05, 4.69) is 22.3 Å². The minimum absolute atomic E-state index is 0.0673. The molecule has 0 bridgehead atoms. The van der Waals surface area contributed by atoms with Crippen LogP contribution in [0, 0.1) is 5.92 Å². The summed E-state index contributed by atoms with van der Waals surface area (Å²) in [5, 5.41) is 3.01. The first-order valence-corrected chi connectivity index (χ1v) is 9.46. The van der Waals surface area contributed by atoms with Gasteiger partial charge in [-0.1, -0.05) is 30.3 Å². The third-order valence-electron chi connectivity index (χ3n) is 5.25. The van der Waals surface area contributed by atoms with E-state index in [4.69, 9.17) is 0 Å². The van der Waals surface area contributed by atoms with Crippen molar-refractivity contribution in [3.63, 3.8) is 0 Å². The van der Waals surface area contributed by atoms with Crippen LogP contribution in [0.5, 0.6) is 0 Å². The molecule has 5 heteroatoms. The second-order valence-electron chi connectivity index (χ2n) is 7.19. The number of nitrogens with one attached hydrogen (secondary N) is 1. The average molecular weight is 343 g/mol. The predicted octanol–water partition coefficient (Wildman–Crippen LogP) is 2.03. The first-order chi connectivity index (χ1) is 12.2. The zero-order chi connectivity index (χ0) is 17.6. The molecule has 0 unspecified atom stereocenters. The van der Waals surface area contributed by atoms with Crippen molar-refractivity contribution in [2.24, 2.45) is 5.92 Å². The molecule has 0 atom stereocenters. The molecule has 1 N–H and O–H groups in total. The van der Waals surface area contributed by atoms with E-state index < -0.39 is 0 Å². The van der Waals surface area contributed by atoms with Gasteiger partial charge in [-0.25, -0.2) is 0 Å². The molecule has 25 heavy (non-hydrogen) atoms. The van der Waals surface area contributed by atoms with Gasteiger partial charge in [0.05, 0.1) is 0 Å². The first-order valence-electron chi connectivity index (χ1n) is 9.46. The van der Waals surface area contributed by atoms with Crippen molar-refractivity contribution in [1.82, 2.24) is 15.1 Å². The van der Waals surface area contributed by atoms with Crippen molar-refractivity contribution in [1.29, 1.82) is 0 Å². The number of piperidine rings is 1. The number of likely N-dealkylation sites (tertiary alicyclic amines) is 1. The van der Waals surface area contributed by atoms with Crippen LogP contribution in [-0.2, 0) is 16.1 Å². The van der Waals surface area contributed by atoms with Crippen molar-refractivity contribution in [3.8, 4) is 0 Å². The van der Waals surface area contributed by atoms with E-state index in [1.807, 2.05) is 30.1 Å². The molecule has 0 spiro atoms. The Kier molecular flexibility index (Phi) is 6.08. The van der Waals surface area contributed by atoms with Crippen LogP contribution >= 0.6 is 0 Å². The van der Waals surface area contributed by atoms with E-state index in [0.29, 0.717) is 38.6 Å². The fraction of sp³-hybridized carbons (Fsp3) is 0.600. The van der Waals surface area contributed by atoms with Crippen molar-refractivity contribution >= 4 is 11.8 Å². The average Bonchev–Trinajstić information content (AvgIpc) is 3.49. The lowest BCUT2D eigenvalue weighted by Gasteiger charge is -2.34. The number of nitrogens with zero attached hydrogens (tertiary/aromatic N) is 2. The Hall–Kier alpha value is -1.88. The normalized spacial score (nSPS) is 18.2. The number of carbonyl (C=O) groups excluding carboxylic acids is 2. The molecule has 5 nitrogen and oxygen atoms in total. The van der Waals surface area contributed by atoms with E-state index in [9.17, 15) is 9.59 Å². The van der Waals surface area contributed by atoms with Gasteiger partial charge in [0.15, 0.2) is 0 Å². The van der Waals surface area contributed by atoms with E-state index >= 15 is 0 Å². The molecule has 1 saturated carbocycles. The Bertz CT molecular complexity index is 578. The largest absolute Gasteiger partial charge is 0.343 e. The van der Waals surface area contributed by atoms with E-state index in [-0.39, 0.29) is 17.7 Å². The molecular weight excluding hydrogens is 314 g/mol. The number of rotatable bonds is 7. The number of hydrogen-bond donors (Lipinski definition) is 1. The molecule has 0 aromatic heterocycles. The highest BCUT2D eigenvalue weighted by Crippen LogP contribution is 2.31. The lowest BCUT2D eigenvalue weighted by atomic mass is 9.94. The zero-order valence-electron chi connectivity index (χ0n) is 15.1. The number of amides is 2. The fourth-order valence-corrected chi connectivity index (χ4v) is 3.55. The van der Waals surface area contributed by atoms with Gasteiger partial charge in [-0.2, -0.15) is 0 Å². The summed E-state index contributed by atoms with van der Waals surface area (Å²) in [5.41, 5.74) is 1.20. The minimum atomic E-state index is 0.0673. The SMILES string of the molecule is CNCCC(=O)N1CCC(C(=O)N(Cc2ccccc2)C2CC2)CC1. The van der Waals surface area contributed by atoms with Gasteiger partial charge < -0.3 is 15.1 Å². The van der Waals surface area contributed by atoms with Gasteiger partial charge in [-0.15, -0.1) is 0 Å². The molecule has 1 aliphatic carbocycles. The maximum atomic E-state index is 13.0. The zero-order valence-corrected chi connectivity index (χ0v) is 15.1. The summed E-state index contributed by atoms with van der Waals surface area (Å²) in [6, 6.07) is 10.7. The van der Waals surface area contributed by atoms with E-state index in [1.165, 1.54) is 5.56 Å². The Morgan fingerprint density at radius 3 is 2.40 bits per heavy atom. The Labute approximate surface area is 150 Å². The molecule has 1 saturated heterocycles. The Morgan fingerprint density at radius 1 is 1.12 bits per heavy atom. The fourth-order valence-electron chi connectivity index (χ4n) is 3.55. The van der Waals surface area contributed by atoms with Gasteiger partial charge in [0, 0.05) is 44.6 Å². The molecule has 2 amide bonds. The van der Waals surface area contributed by atoms with Crippen molar-refractivity contribution in [2.45, 2.75) is 44.7 Å². The van der Waals surface area contributed by atoms with Crippen LogP contribution in [0.3, 0.4) is 0 Å². The van der Waals surface area contributed by atoms with Crippen molar-refractivity contribution in [2.75, 3.05) is 26.7 Å². The topological polar surface area (TPSA) is 52.7 Å². The van der Waals surface area contributed by atoms with Gasteiger partial charge >= 0.3 is 0 Å². The highest BCUT2D eigenvalue weighted by atomic mass is 16.2. The summed E-state index contributed by atoms with van der Waals surface area (Å²) in [4.78, 5) is 29.2. The molecule has 1 aromatic carbocycles. The van der Waals surface area contributed by atoms with Crippen LogP contribution in [-0.4, -0.2) is 54.3 Å². The second kappa shape index (κ2) is 8.48. The Morgan fingerprint density at radius 2 is 1.80 bits per heavy atom. The van der Waals surface area contributed by atoms with Gasteiger partial charge in [0.1, 0.15) is 0 Å². The summed E-state index contributed by atoms with van der Waals surface area (Å²) in [5.74, 6) is 0.551. The van der Waals surface area contributed by atoms with E-state index in [0.717, 1.165) is 25.7 Å². The smallest absolute Gasteiger partial charge is 0.226 e. The lowest BCUT2D eigenvalue weighted by molar-refractivity contribution is -0.141. The highest BCUT2D eigenvalue weighted by Gasteiger charge is 2.37. The summed E-state index contributed by atoms with van der Waals surface area (Å²) < 4.78 is 0. The molecule has 1 aliphatic heterocycles. The van der Waals surface area contributed by atoms with Gasteiger partial charge in [-0.3, -0.25) is 9.59 Å². The summed E-state index contributed by atoms with van der Waals surface area (Å²) in [6.45, 7) is 2.85. The summed E-state index contributed by atoms with van der Waals surface area (Å²) in [6.07, 6.45) is 4.38. The first kappa shape index (κ1) is 17.9. The minimum Gasteiger partial charge on any atom is -0.343 e. The molecule has 1 heterocycles. The molecular formula is C20H29N3O2. The van der Waals surface area contributed by atoms with Crippen LogP contribution in [0.2, 0.25) is 0 Å². The monoisotopic (exact) mass is 343 g/mol. The number of benzene rings is 1. The lowest BCUT2D eigenvalue weighted by Crippen LogP contribution is -2.45. The van der Waals surface area contributed by atoms with Crippen LogP contribution < -0.4 is 5.32 Å². The van der Waals surface area contributed by atoms with Crippen LogP contribution in [0.15, 0.2) is 30.3 Å². The Balaban J connectivity index is 1.54. The molecule has 2 fully saturated rings. The molecule has 136 valence electrons. The van der Waals surface area contributed by atoms with Crippen molar-refractivity contribution in [3.05, 3.63) is 35.9 Å². The van der Waals surface area contributed by atoms with Gasteiger partial charge in [0.25, 0.3) is 0 Å². The highest BCUT2D eigenvalue weighted by molar-refractivity contribution is 5.80. The van der Waals surface area contributed by atoms with E-state index in [1.54, 1.807) is 0 Å². The quantitative estimate of drug-likeness (QED) is 0.824. The second-order valence-corrected chi connectivity index (χ2v) is 7.19. The molecule has 0 radical (unpaired) electrons. The van der Waals surface area contributed by atoms with Gasteiger partial charge in [-0.05, 0) is 38.3 Å². The maximum Gasteiger partial charge on any atom is 0.226 e. The predicted molar refractivity (Wildman–Crippen MR) is 97.9 cm³/mol. The summed E-state index contributed by atoms with van der Waals surface area (Å²) >= 11 is 0. The molecule has 2 aliphatic rings. The third kappa shape index (κ3) is 4.82. The molecule has 3 rings (SSSR count). The third-order valence-corrected chi connectivity index (χ3v) is 5.25. The molecule has 1 aromatic rings. The standard InChI is InChI=1S/C20H29N3O2/c1-21-12-9-19(24)22-13-10-17(11-14-22)20(25)23(18-7-8-18)15-16-5-3-2-4-6-16/h2-6,17-18,21H,7-15H2,1H3. The number of hydrogen-bond acceptors (Lipinski definition) is 3. The van der Waals surface area contributed by atoms with Crippen LogP contribution in [0.4, 0.5) is 0 Å². The van der Waals surface area contributed by atoms with Crippen LogP contribution in [0.1, 0.15) is 37.7 Å². The number of carbonyl (C=O) groups is 2.